The molecule has 2 aromatic carbocycles. The van der Waals surface area contributed by atoms with Gasteiger partial charge in [-0.1, -0.05) is 12.1 Å². The second-order valence-electron chi connectivity index (χ2n) is 7.52. The molecule has 180 valence electrons. The van der Waals surface area contributed by atoms with Crippen molar-refractivity contribution in [1.29, 1.82) is 0 Å². The van der Waals surface area contributed by atoms with Gasteiger partial charge in [0, 0.05) is 11.1 Å². The standard InChI is InChI=1S/C15H8F2N2O2.C6H8O7.Na.H/c16-7-1-3-9-10-4-2-8(17)6-12(10)15(11(9)5-7)13(20)18-14(21)19-15;7-3(8)1-6(13,5(11)12)2-4(9)10;;/h1-6H,(H2,18,19,20,21);13H,1-2H2,(H,7,8)(H,9,10)(H,11,12);;/q;;+1;-1. The molecule has 4 rings (SSSR count). The molecule has 0 unspecified atom stereocenters. The number of urea groups is 1. The second-order valence-corrected chi connectivity index (χ2v) is 7.52. The Labute approximate surface area is 218 Å². The van der Waals surface area contributed by atoms with E-state index in [1.807, 2.05) is 0 Å². The van der Waals surface area contributed by atoms with Crippen LogP contribution in [0.5, 0.6) is 0 Å². The molecule has 11 nitrogen and oxygen atoms in total. The van der Waals surface area contributed by atoms with Gasteiger partial charge in [0.15, 0.2) is 11.1 Å². The molecule has 1 spiro atoms. The Morgan fingerprint density at radius 2 is 1.31 bits per heavy atom. The maximum atomic E-state index is 13.6. The Bertz CT molecular complexity index is 1190. The van der Waals surface area contributed by atoms with Gasteiger partial charge in [-0.3, -0.25) is 19.7 Å². The number of rotatable bonds is 5. The number of carboxylic acid groups (broad SMARTS) is 3. The summed E-state index contributed by atoms with van der Waals surface area (Å²) in [7, 11) is 0. The number of carbonyl (C=O) groups excluding carboxylic acids is 2. The first-order valence-corrected chi connectivity index (χ1v) is 9.43. The summed E-state index contributed by atoms with van der Waals surface area (Å²) in [6.07, 6.45) is -2.29. The molecule has 0 bridgehead atoms. The Hall–Kier alpha value is -3.39. The van der Waals surface area contributed by atoms with E-state index < -0.39 is 65.5 Å². The van der Waals surface area contributed by atoms with Crippen LogP contribution in [-0.2, 0) is 24.7 Å². The molecule has 1 heterocycles. The first-order chi connectivity index (χ1) is 15.8. The van der Waals surface area contributed by atoms with E-state index in [2.05, 4.69) is 10.6 Å². The van der Waals surface area contributed by atoms with Crippen molar-refractivity contribution in [3.63, 3.8) is 0 Å². The van der Waals surface area contributed by atoms with Crippen LogP contribution in [0, 0.1) is 11.6 Å². The fourth-order valence-corrected chi connectivity index (χ4v) is 3.82. The molecular weight excluding hydrogens is 485 g/mol. The quantitative estimate of drug-likeness (QED) is 0.196. The van der Waals surface area contributed by atoms with Crippen molar-refractivity contribution in [2.24, 2.45) is 0 Å². The topological polar surface area (TPSA) is 190 Å². The molecule has 14 heteroatoms. The minimum absolute atomic E-state index is 0. The zero-order valence-electron chi connectivity index (χ0n) is 19.0. The van der Waals surface area contributed by atoms with E-state index >= 15 is 0 Å². The van der Waals surface area contributed by atoms with E-state index in [1.165, 1.54) is 36.4 Å². The van der Waals surface area contributed by atoms with Crippen molar-refractivity contribution in [2.75, 3.05) is 0 Å². The van der Waals surface area contributed by atoms with Gasteiger partial charge in [0.25, 0.3) is 5.91 Å². The maximum Gasteiger partial charge on any atom is 1.00 e. The van der Waals surface area contributed by atoms with E-state index in [-0.39, 0.29) is 31.0 Å². The summed E-state index contributed by atoms with van der Waals surface area (Å²) in [4.78, 5) is 54.4. The van der Waals surface area contributed by atoms with E-state index in [4.69, 9.17) is 20.4 Å². The molecule has 0 saturated carbocycles. The van der Waals surface area contributed by atoms with Gasteiger partial charge in [-0.15, -0.1) is 0 Å². The van der Waals surface area contributed by atoms with Crippen LogP contribution in [-0.4, -0.2) is 55.9 Å². The molecule has 2 aromatic rings. The molecule has 2 aliphatic rings. The van der Waals surface area contributed by atoms with Crippen molar-refractivity contribution in [1.82, 2.24) is 10.6 Å². The Morgan fingerprint density at radius 3 is 1.63 bits per heavy atom. The van der Waals surface area contributed by atoms with Gasteiger partial charge in [0.1, 0.15) is 11.6 Å². The van der Waals surface area contributed by atoms with Crippen molar-refractivity contribution < 1.29 is 84.2 Å². The SMILES string of the molecule is O=C(O)CC(O)(CC(=O)O)C(=O)O.O=C1NC(=O)C2(N1)c1cc(F)ccc1-c1ccc(F)cc12.[H-].[Na+]. The van der Waals surface area contributed by atoms with Gasteiger partial charge < -0.3 is 27.2 Å². The van der Waals surface area contributed by atoms with Crippen LogP contribution in [0.2, 0.25) is 0 Å². The summed E-state index contributed by atoms with van der Waals surface area (Å²) in [6.45, 7) is 0. The first kappa shape index (κ1) is 27.9. The van der Waals surface area contributed by atoms with Gasteiger partial charge in [-0.2, -0.15) is 0 Å². The van der Waals surface area contributed by atoms with Crippen molar-refractivity contribution in [3.05, 3.63) is 59.2 Å². The second kappa shape index (κ2) is 10.1. The molecule has 6 N–H and O–H groups in total. The molecule has 0 atom stereocenters. The van der Waals surface area contributed by atoms with Crippen LogP contribution >= 0.6 is 0 Å². The van der Waals surface area contributed by atoms with E-state index in [0.717, 1.165) is 0 Å². The summed E-state index contributed by atoms with van der Waals surface area (Å²) in [6, 6.07) is 7.27. The van der Waals surface area contributed by atoms with Gasteiger partial charge >= 0.3 is 53.5 Å². The molecule has 1 saturated heterocycles. The number of amides is 3. The largest absolute Gasteiger partial charge is 1.00 e. The van der Waals surface area contributed by atoms with Gasteiger partial charge in [-0.05, 0) is 35.4 Å². The van der Waals surface area contributed by atoms with Crippen LogP contribution < -0.4 is 40.2 Å². The third-order valence-corrected chi connectivity index (χ3v) is 5.22. The zero-order chi connectivity index (χ0) is 25.4. The fraction of sp³-hybridized carbons (Fsp3) is 0.190. The molecule has 1 fully saturated rings. The van der Waals surface area contributed by atoms with Gasteiger partial charge in [0.2, 0.25) is 0 Å². The summed E-state index contributed by atoms with van der Waals surface area (Å²) >= 11 is 0. The van der Waals surface area contributed by atoms with Crippen molar-refractivity contribution in [2.45, 2.75) is 24.0 Å². The normalized spacial score (nSPS) is 14.5. The number of aliphatic carboxylic acids is 3. The smallest absolute Gasteiger partial charge is 1.00 e. The molecule has 35 heavy (non-hydrogen) atoms. The van der Waals surface area contributed by atoms with Crippen LogP contribution in [0.15, 0.2) is 36.4 Å². The number of aliphatic hydroxyl groups is 1. The molecule has 1 aliphatic carbocycles. The predicted octanol–water partition coefficient (Wildman–Crippen LogP) is -2.10. The van der Waals surface area contributed by atoms with E-state index in [1.54, 1.807) is 0 Å². The first-order valence-electron chi connectivity index (χ1n) is 9.43. The van der Waals surface area contributed by atoms with Crippen LogP contribution in [0.3, 0.4) is 0 Å². The van der Waals surface area contributed by atoms with Crippen LogP contribution in [0.4, 0.5) is 13.6 Å². The third kappa shape index (κ3) is 5.17. The van der Waals surface area contributed by atoms with Crippen LogP contribution in [0.1, 0.15) is 25.4 Å². The van der Waals surface area contributed by atoms with Crippen molar-refractivity contribution in [3.8, 4) is 11.1 Å². The Kier molecular flexibility index (Phi) is 8.02. The van der Waals surface area contributed by atoms with Crippen molar-refractivity contribution >= 4 is 29.8 Å². The molecular formula is C21H17F2N2NaO9. The molecule has 0 radical (unpaired) electrons. The number of fused-ring (bicyclic) bond motifs is 5. The molecule has 1 aliphatic heterocycles. The number of nitrogens with one attached hydrogen (secondary N) is 2. The Balaban J connectivity index is 0.000000382. The predicted molar refractivity (Wildman–Crippen MR) is 107 cm³/mol. The summed E-state index contributed by atoms with van der Waals surface area (Å²) in [5.41, 5.74) is -2.48. The average Bonchev–Trinajstić information content (AvgIpc) is 3.15. The summed E-state index contributed by atoms with van der Waals surface area (Å²) in [5, 5.41) is 38.5. The number of hydrogen-bond acceptors (Lipinski definition) is 6. The number of halogens is 2. The van der Waals surface area contributed by atoms with Gasteiger partial charge in [-0.25, -0.2) is 18.4 Å². The molecule has 0 aromatic heterocycles. The van der Waals surface area contributed by atoms with Gasteiger partial charge in [0.05, 0.1) is 12.8 Å². The summed E-state index contributed by atoms with van der Waals surface area (Å²) in [5.74, 6) is -6.72. The van der Waals surface area contributed by atoms with Crippen LogP contribution in [0.25, 0.3) is 11.1 Å². The average molecular weight is 502 g/mol. The number of hydrogen-bond donors (Lipinski definition) is 6. The maximum absolute atomic E-state index is 13.6. The number of carboxylic acids is 3. The van der Waals surface area contributed by atoms with E-state index in [9.17, 15) is 32.8 Å². The zero-order valence-corrected chi connectivity index (χ0v) is 20.0. The minimum Gasteiger partial charge on any atom is -1.00 e. The monoisotopic (exact) mass is 502 g/mol. The van der Waals surface area contributed by atoms with E-state index in [0.29, 0.717) is 22.3 Å². The number of carbonyl (C=O) groups is 5. The number of imide groups is 1. The Morgan fingerprint density at radius 1 is 0.886 bits per heavy atom. The fourth-order valence-electron chi connectivity index (χ4n) is 3.82. The number of benzene rings is 2. The summed E-state index contributed by atoms with van der Waals surface area (Å²) < 4.78 is 27.2. The minimum atomic E-state index is -2.74. The molecule has 3 amide bonds. The third-order valence-electron chi connectivity index (χ3n) is 5.22.